The minimum absolute atomic E-state index is 0.334. The lowest BCUT2D eigenvalue weighted by molar-refractivity contribution is 0.562. The smallest absolute Gasteiger partial charge is 0.178 e. The van der Waals surface area contributed by atoms with Gasteiger partial charge in [-0.3, -0.25) is 4.98 Å². The number of pyridine rings is 1. The van der Waals surface area contributed by atoms with E-state index >= 15 is 0 Å². The zero-order valence-electron chi connectivity index (χ0n) is 20.9. The third-order valence-electron chi connectivity index (χ3n) is 7.63. The topological polar surface area (TPSA) is 101 Å². The molecule has 186 valence electrons. The minimum Gasteiger partial charge on any atom is -0.256 e. The summed E-state index contributed by atoms with van der Waals surface area (Å²) in [4.78, 5) is 4.53. The molecule has 1 aliphatic carbocycles. The van der Waals surface area contributed by atoms with Gasteiger partial charge in [0.15, 0.2) is 15.7 Å². The summed E-state index contributed by atoms with van der Waals surface area (Å²) in [5.74, 6) is 1.55. The van der Waals surface area contributed by atoms with Gasteiger partial charge in [0.05, 0.1) is 10.3 Å². The highest BCUT2D eigenvalue weighted by Gasteiger charge is 2.42. The molecule has 0 aliphatic heterocycles. The van der Waals surface area contributed by atoms with Crippen molar-refractivity contribution in [2.75, 3.05) is 6.26 Å². The molecule has 5 aromatic rings. The number of nitrogens with one attached hydrogen (secondary N) is 1. The second kappa shape index (κ2) is 8.59. The lowest BCUT2D eigenvalue weighted by atomic mass is 9.92. The minimum atomic E-state index is -3.37. The number of hydrogen-bond donors (Lipinski definition) is 1. The zero-order valence-corrected chi connectivity index (χ0v) is 21.7. The van der Waals surface area contributed by atoms with Crippen molar-refractivity contribution in [3.63, 3.8) is 0 Å². The number of nitrogens with zero attached hydrogens (tertiary/aromatic N) is 4. The van der Waals surface area contributed by atoms with Crippen LogP contribution in [0.25, 0.3) is 33.2 Å². The Morgan fingerprint density at radius 1 is 0.865 bits per heavy atom. The van der Waals surface area contributed by atoms with Gasteiger partial charge in [-0.15, -0.1) is 10.2 Å². The van der Waals surface area contributed by atoms with Crippen LogP contribution < -0.4 is 0 Å². The van der Waals surface area contributed by atoms with Crippen LogP contribution in [-0.2, 0) is 14.6 Å². The summed E-state index contributed by atoms with van der Waals surface area (Å²) in [5.41, 5.74) is 6.92. The zero-order chi connectivity index (χ0) is 25.8. The molecule has 0 bridgehead atoms. The van der Waals surface area contributed by atoms with Crippen molar-refractivity contribution in [3.05, 3.63) is 95.9 Å². The Balaban J connectivity index is 1.35. The fraction of sp³-hybridized carbons (Fsp3) is 0.241. The Hall–Kier alpha value is -3.91. The molecule has 1 aliphatic rings. The number of aromatic amines is 1. The molecular weight excluding hydrogens is 482 g/mol. The Labute approximate surface area is 215 Å². The third-order valence-corrected chi connectivity index (χ3v) is 9.71. The summed E-state index contributed by atoms with van der Waals surface area (Å²) >= 11 is 0. The summed E-state index contributed by atoms with van der Waals surface area (Å²) in [7, 11) is -3.37. The van der Waals surface area contributed by atoms with Gasteiger partial charge >= 0.3 is 0 Å². The molecule has 1 N–H and O–H groups in total. The molecule has 0 amide bonds. The predicted molar refractivity (Wildman–Crippen MR) is 145 cm³/mol. The number of benzene rings is 3. The van der Waals surface area contributed by atoms with Crippen molar-refractivity contribution in [1.29, 1.82) is 0 Å². The standard InChI is InChI=1S/C29H27N5O2S/c1-29(2,37(3,35)36)26-16-23(15-22-8-5-13-30-27(22)26)21-7-4-6-20(14-21)18-9-11-19(12-10-18)24-17-25(24)28-31-33-34-32-28/h4-16,24-25H,17H2,1-3H3,(H,31,32,33,34). The fourth-order valence-corrected chi connectivity index (χ4v) is 5.55. The van der Waals surface area contributed by atoms with Crippen LogP contribution >= 0.6 is 0 Å². The van der Waals surface area contributed by atoms with Crippen LogP contribution in [0.5, 0.6) is 0 Å². The van der Waals surface area contributed by atoms with Crippen molar-refractivity contribution in [2.45, 2.75) is 36.9 Å². The number of H-pyrrole nitrogens is 1. The maximum Gasteiger partial charge on any atom is 0.178 e. The maximum atomic E-state index is 12.7. The number of aromatic nitrogens is 5. The largest absolute Gasteiger partial charge is 0.256 e. The first kappa shape index (κ1) is 23.5. The summed E-state index contributed by atoms with van der Waals surface area (Å²) in [5, 5.41) is 15.4. The van der Waals surface area contributed by atoms with Crippen LogP contribution in [0, 0.1) is 0 Å². The average molecular weight is 510 g/mol. The van der Waals surface area contributed by atoms with Crippen molar-refractivity contribution >= 4 is 20.7 Å². The van der Waals surface area contributed by atoms with Crippen molar-refractivity contribution < 1.29 is 8.42 Å². The fourth-order valence-electron chi connectivity index (χ4n) is 4.99. The second-order valence-electron chi connectivity index (χ2n) is 10.3. The predicted octanol–water partition coefficient (Wildman–Crippen LogP) is 5.63. The first-order valence-electron chi connectivity index (χ1n) is 12.3. The molecule has 0 radical (unpaired) electrons. The monoisotopic (exact) mass is 509 g/mol. The van der Waals surface area contributed by atoms with Gasteiger partial charge in [-0.05, 0) is 83.8 Å². The Morgan fingerprint density at radius 2 is 1.62 bits per heavy atom. The molecule has 37 heavy (non-hydrogen) atoms. The molecule has 2 heterocycles. The van der Waals surface area contributed by atoms with E-state index in [2.05, 4.69) is 74.1 Å². The summed E-state index contributed by atoms with van der Waals surface area (Å²) in [6.45, 7) is 3.49. The Bertz CT molecular complexity index is 1710. The first-order valence-corrected chi connectivity index (χ1v) is 14.1. The van der Waals surface area contributed by atoms with Crippen LogP contribution in [0.15, 0.2) is 79.0 Å². The van der Waals surface area contributed by atoms with E-state index < -0.39 is 14.6 Å². The molecule has 6 rings (SSSR count). The lowest BCUT2D eigenvalue weighted by Crippen LogP contribution is -2.28. The highest BCUT2D eigenvalue weighted by Crippen LogP contribution is 2.53. The highest BCUT2D eigenvalue weighted by molar-refractivity contribution is 7.91. The van der Waals surface area contributed by atoms with E-state index in [1.165, 1.54) is 11.8 Å². The van der Waals surface area contributed by atoms with Gasteiger partial charge in [0, 0.05) is 23.8 Å². The molecule has 2 atom stereocenters. The molecule has 3 aromatic carbocycles. The van der Waals surface area contributed by atoms with E-state index in [9.17, 15) is 8.42 Å². The number of fused-ring (bicyclic) bond motifs is 1. The van der Waals surface area contributed by atoms with E-state index in [1.54, 1.807) is 20.0 Å². The summed E-state index contributed by atoms with van der Waals surface area (Å²) in [6, 6.07) is 25.0. The van der Waals surface area contributed by atoms with Crippen LogP contribution in [0.1, 0.15) is 49.1 Å². The summed E-state index contributed by atoms with van der Waals surface area (Å²) in [6.07, 6.45) is 4.03. The molecule has 1 saturated carbocycles. The number of hydrogen-bond acceptors (Lipinski definition) is 6. The number of sulfone groups is 1. The second-order valence-corrected chi connectivity index (χ2v) is 12.9. The average Bonchev–Trinajstić information content (AvgIpc) is 3.51. The molecule has 0 spiro atoms. The third kappa shape index (κ3) is 4.21. The lowest BCUT2D eigenvalue weighted by Gasteiger charge is -2.25. The van der Waals surface area contributed by atoms with Gasteiger partial charge < -0.3 is 0 Å². The van der Waals surface area contributed by atoms with Crippen LogP contribution in [0.2, 0.25) is 0 Å². The molecule has 7 nitrogen and oxygen atoms in total. The van der Waals surface area contributed by atoms with Gasteiger partial charge in [-0.1, -0.05) is 53.7 Å². The quantitative estimate of drug-likeness (QED) is 0.318. The molecular formula is C29H27N5O2S. The van der Waals surface area contributed by atoms with Gasteiger partial charge in [0.1, 0.15) is 0 Å². The van der Waals surface area contributed by atoms with Gasteiger partial charge in [0.25, 0.3) is 0 Å². The Kier molecular flexibility index (Phi) is 5.45. The SMILES string of the molecule is CC(C)(c1cc(-c2cccc(-c3ccc(C4CC4c4nn[nH]n4)cc3)c2)cc2cccnc12)S(C)(=O)=O. The number of tetrazole rings is 1. The van der Waals surface area contributed by atoms with Gasteiger partial charge in [-0.2, -0.15) is 5.21 Å². The first-order chi connectivity index (χ1) is 17.7. The molecule has 1 fully saturated rings. The van der Waals surface area contributed by atoms with E-state index in [1.807, 2.05) is 24.3 Å². The number of rotatable bonds is 6. The molecule has 0 saturated heterocycles. The maximum absolute atomic E-state index is 12.7. The van der Waals surface area contributed by atoms with Crippen LogP contribution in [0.3, 0.4) is 0 Å². The van der Waals surface area contributed by atoms with Crippen molar-refractivity contribution in [1.82, 2.24) is 25.6 Å². The van der Waals surface area contributed by atoms with E-state index in [0.717, 1.165) is 39.9 Å². The molecule has 2 unspecified atom stereocenters. The van der Waals surface area contributed by atoms with Gasteiger partial charge in [-0.25, -0.2) is 8.42 Å². The van der Waals surface area contributed by atoms with Crippen LogP contribution in [-0.4, -0.2) is 40.3 Å². The highest BCUT2D eigenvalue weighted by atomic mass is 32.2. The van der Waals surface area contributed by atoms with Crippen molar-refractivity contribution in [3.8, 4) is 22.3 Å². The molecule has 2 aromatic heterocycles. The van der Waals surface area contributed by atoms with E-state index in [0.29, 0.717) is 22.9 Å². The van der Waals surface area contributed by atoms with Gasteiger partial charge in [0.2, 0.25) is 0 Å². The normalized spacial score (nSPS) is 17.7. The molecule has 8 heteroatoms. The van der Waals surface area contributed by atoms with Crippen LogP contribution in [0.4, 0.5) is 0 Å². The summed E-state index contributed by atoms with van der Waals surface area (Å²) < 4.78 is 24.3. The Morgan fingerprint density at radius 3 is 2.32 bits per heavy atom. The van der Waals surface area contributed by atoms with Crippen molar-refractivity contribution in [2.24, 2.45) is 0 Å². The van der Waals surface area contributed by atoms with E-state index in [4.69, 9.17) is 0 Å². The van der Waals surface area contributed by atoms with E-state index in [-0.39, 0.29) is 0 Å².